The van der Waals surface area contributed by atoms with Gasteiger partial charge in [-0.3, -0.25) is 0 Å². The zero-order valence-electron chi connectivity index (χ0n) is 15.5. The molecule has 1 heterocycles. The number of nitrogens with one attached hydrogen (secondary N) is 1. The lowest BCUT2D eigenvalue weighted by Gasteiger charge is -2.38. The number of nitrogens with zero attached hydrogens (tertiary/aromatic N) is 1. The van der Waals surface area contributed by atoms with Crippen molar-refractivity contribution >= 4 is 33.2 Å². The highest BCUT2D eigenvalue weighted by Gasteiger charge is 2.34. The van der Waals surface area contributed by atoms with E-state index in [9.17, 15) is 8.42 Å². The van der Waals surface area contributed by atoms with Crippen LogP contribution in [0.1, 0.15) is 24.8 Å². The van der Waals surface area contributed by atoms with Crippen molar-refractivity contribution in [1.82, 2.24) is 9.62 Å². The van der Waals surface area contributed by atoms with E-state index >= 15 is 0 Å². The van der Waals surface area contributed by atoms with Gasteiger partial charge in [-0.2, -0.15) is 0 Å². The highest BCUT2D eigenvalue weighted by molar-refractivity contribution is 7.89. The van der Waals surface area contributed by atoms with Gasteiger partial charge < -0.3 is 4.90 Å². The minimum absolute atomic E-state index is 0.0254. The number of fused-ring (bicyclic) bond motifs is 1. The molecule has 0 radical (unpaired) electrons. The number of hydrogen-bond acceptors (Lipinski definition) is 3. The number of benzene rings is 1. The van der Waals surface area contributed by atoms with Crippen molar-refractivity contribution in [2.75, 3.05) is 26.7 Å². The van der Waals surface area contributed by atoms with Crippen LogP contribution in [-0.4, -0.2) is 40.0 Å². The molecular formula is C20H24Cl2N2O2S. The fraction of sp³-hybridized carbons (Fsp3) is 0.400. The van der Waals surface area contributed by atoms with E-state index in [0.29, 0.717) is 11.6 Å². The van der Waals surface area contributed by atoms with Gasteiger partial charge in [0.05, 0.1) is 4.90 Å². The fourth-order valence-corrected chi connectivity index (χ4v) is 5.23. The van der Waals surface area contributed by atoms with Gasteiger partial charge in [0.25, 0.3) is 0 Å². The van der Waals surface area contributed by atoms with Crippen LogP contribution in [0.5, 0.6) is 0 Å². The van der Waals surface area contributed by atoms with E-state index in [1.165, 1.54) is 0 Å². The lowest BCUT2D eigenvalue weighted by atomic mass is 9.79. The normalized spacial score (nSPS) is 23.8. The van der Waals surface area contributed by atoms with Crippen LogP contribution in [0.4, 0.5) is 0 Å². The summed E-state index contributed by atoms with van der Waals surface area (Å²) in [7, 11) is -1.46. The molecular weight excluding hydrogens is 403 g/mol. The SMILES string of the molecule is CCCNS(=O)(=O)c1cccc(C2CN(C)CC3C(Cl)=CC=C(Cl)C=C32)c1. The Labute approximate surface area is 171 Å². The summed E-state index contributed by atoms with van der Waals surface area (Å²) in [5, 5.41) is 1.38. The Kier molecular flexibility index (Phi) is 6.49. The minimum Gasteiger partial charge on any atom is -0.304 e. The highest BCUT2D eigenvalue weighted by Crippen LogP contribution is 2.42. The van der Waals surface area contributed by atoms with Gasteiger partial charge in [0, 0.05) is 41.5 Å². The second-order valence-corrected chi connectivity index (χ2v) is 9.68. The van der Waals surface area contributed by atoms with Crippen molar-refractivity contribution in [1.29, 1.82) is 0 Å². The maximum absolute atomic E-state index is 12.5. The number of likely N-dealkylation sites (N-methyl/N-ethyl adjacent to an activating group) is 1. The summed E-state index contributed by atoms with van der Waals surface area (Å²) in [4.78, 5) is 2.51. The molecule has 0 aromatic heterocycles. The minimum atomic E-state index is -3.51. The summed E-state index contributed by atoms with van der Waals surface area (Å²) >= 11 is 12.8. The van der Waals surface area contributed by atoms with Gasteiger partial charge in [0.2, 0.25) is 10.0 Å². The number of allylic oxidation sites excluding steroid dienone is 4. The first kappa shape index (κ1) is 20.6. The van der Waals surface area contributed by atoms with E-state index in [2.05, 4.69) is 16.7 Å². The summed E-state index contributed by atoms with van der Waals surface area (Å²) in [6, 6.07) is 7.17. The average Bonchev–Trinajstić information content (AvgIpc) is 2.79. The maximum Gasteiger partial charge on any atom is 0.240 e. The molecule has 0 bridgehead atoms. The molecule has 146 valence electrons. The smallest absolute Gasteiger partial charge is 0.240 e. The monoisotopic (exact) mass is 426 g/mol. The Morgan fingerprint density at radius 1 is 1.19 bits per heavy atom. The van der Waals surface area contributed by atoms with Crippen LogP contribution in [0.15, 0.2) is 63.0 Å². The Morgan fingerprint density at radius 3 is 2.67 bits per heavy atom. The first-order valence-corrected chi connectivity index (χ1v) is 11.3. The lowest BCUT2D eigenvalue weighted by Crippen LogP contribution is -2.39. The highest BCUT2D eigenvalue weighted by atomic mass is 35.5. The second-order valence-electron chi connectivity index (χ2n) is 7.04. The predicted molar refractivity (Wildman–Crippen MR) is 112 cm³/mol. The Morgan fingerprint density at radius 2 is 1.93 bits per heavy atom. The predicted octanol–water partition coefficient (Wildman–Crippen LogP) is 4.21. The summed E-state index contributed by atoms with van der Waals surface area (Å²) in [5.74, 6) is 0.0823. The third-order valence-electron chi connectivity index (χ3n) is 4.95. The largest absolute Gasteiger partial charge is 0.304 e. The molecule has 27 heavy (non-hydrogen) atoms. The molecule has 2 unspecified atom stereocenters. The third kappa shape index (κ3) is 4.66. The van der Waals surface area contributed by atoms with E-state index in [0.717, 1.165) is 35.7 Å². The third-order valence-corrected chi connectivity index (χ3v) is 7.03. The van der Waals surface area contributed by atoms with E-state index in [1.54, 1.807) is 18.2 Å². The Bertz CT molecular complexity index is 906. The van der Waals surface area contributed by atoms with Crippen LogP contribution < -0.4 is 4.72 Å². The Hall–Kier alpha value is -1.11. The molecule has 3 rings (SSSR count). The van der Waals surface area contributed by atoms with Gasteiger partial charge >= 0.3 is 0 Å². The van der Waals surface area contributed by atoms with Gasteiger partial charge in [-0.05, 0) is 49.4 Å². The van der Waals surface area contributed by atoms with Gasteiger partial charge in [-0.25, -0.2) is 13.1 Å². The van der Waals surface area contributed by atoms with Crippen molar-refractivity contribution in [2.24, 2.45) is 5.92 Å². The van der Waals surface area contributed by atoms with Gasteiger partial charge in [0.1, 0.15) is 0 Å². The number of piperidine rings is 1. The number of hydrogen-bond donors (Lipinski definition) is 1. The second kappa shape index (κ2) is 8.50. The molecule has 0 spiro atoms. The van der Waals surface area contributed by atoms with Crippen molar-refractivity contribution in [3.05, 3.63) is 63.7 Å². The molecule has 1 aromatic rings. The number of halogens is 2. The van der Waals surface area contributed by atoms with Crippen LogP contribution in [0.3, 0.4) is 0 Å². The molecule has 1 aliphatic carbocycles. The van der Waals surface area contributed by atoms with E-state index < -0.39 is 10.0 Å². The van der Waals surface area contributed by atoms with Crippen LogP contribution >= 0.6 is 23.2 Å². The fourth-order valence-electron chi connectivity index (χ4n) is 3.60. The van der Waals surface area contributed by atoms with Crippen molar-refractivity contribution < 1.29 is 8.42 Å². The molecule has 1 N–H and O–H groups in total. The first-order chi connectivity index (χ1) is 12.8. The lowest BCUT2D eigenvalue weighted by molar-refractivity contribution is 0.259. The molecule has 1 fully saturated rings. The molecule has 1 aliphatic heterocycles. The van der Waals surface area contributed by atoms with Crippen molar-refractivity contribution in [3.8, 4) is 0 Å². The molecule has 1 saturated heterocycles. The van der Waals surface area contributed by atoms with Crippen LogP contribution in [0.25, 0.3) is 0 Å². The quantitative estimate of drug-likeness (QED) is 0.766. The van der Waals surface area contributed by atoms with Gasteiger partial charge in [0.15, 0.2) is 0 Å². The van der Waals surface area contributed by atoms with Crippen LogP contribution in [0.2, 0.25) is 0 Å². The topological polar surface area (TPSA) is 49.4 Å². The molecule has 0 saturated carbocycles. The van der Waals surface area contributed by atoms with Crippen molar-refractivity contribution in [3.63, 3.8) is 0 Å². The molecule has 0 amide bonds. The van der Waals surface area contributed by atoms with E-state index in [-0.39, 0.29) is 16.7 Å². The van der Waals surface area contributed by atoms with E-state index in [1.807, 2.05) is 31.2 Å². The average molecular weight is 427 g/mol. The molecule has 4 nitrogen and oxygen atoms in total. The van der Waals surface area contributed by atoms with Crippen molar-refractivity contribution in [2.45, 2.75) is 24.2 Å². The Balaban J connectivity index is 2.01. The van der Waals surface area contributed by atoms with Gasteiger partial charge in [-0.1, -0.05) is 47.8 Å². The van der Waals surface area contributed by atoms with Gasteiger partial charge in [-0.15, -0.1) is 0 Å². The van der Waals surface area contributed by atoms with Crippen LogP contribution in [-0.2, 0) is 10.0 Å². The molecule has 2 aliphatic rings. The number of sulfonamides is 1. The summed E-state index contributed by atoms with van der Waals surface area (Å²) < 4.78 is 27.7. The zero-order valence-corrected chi connectivity index (χ0v) is 17.8. The first-order valence-electron chi connectivity index (χ1n) is 9.04. The zero-order chi connectivity index (χ0) is 19.6. The molecule has 1 aromatic carbocycles. The molecule has 2 atom stereocenters. The number of rotatable bonds is 5. The van der Waals surface area contributed by atoms with E-state index in [4.69, 9.17) is 23.2 Å². The molecule has 7 heteroatoms. The van der Waals surface area contributed by atoms with Crippen LogP contribution in [0, 0.1) is 5.92 Å². The summed E-state index contributed by atoms with van der Waals surface area (Å²) in [5.41, 5.74) is 2.08. The maximum atomic E-state index is 12.5. The standard InChI is InChI=1S/C20H24Cl2N2O2S/c1-3-9-23-27(25,26)16-6-4-5-14(10-16)18-12-24(2)13-19-17(18)11-15(21)7-8-20(19)22/h4-8,10-11,18-19,23H,3,9,12-13H2,1-2H3. The summed E-state index contributed by atoms with van der Waals surface area (Å²) in [6.45, 7) is 3.95. The summed E-state index contributed by atoms with van der Waals surface area (Å²) in [6.07, 6.45) is 6.38. The number of likely N-dealkylation sites (tertiary alicyclic amines) is 1.